The second-order valence-corrected chi connectivity index (χ2v) is 4.97. The molecule has 1 aliphatic heterocycles. The molecule has 1 fully saturated rings. The van der Waals surface area contributed by atoms with E-state index in [-0.39, 0.29) is 5.91 Å². The summed E-state index contributed by atoms with van der Waals surface area (Å²) in [5, 5.41) is 3.26. The minimum Gasteiger partial charge on any atom is -0.341 e. The van der Waals surface area contributed by atoms with Crippen LogP contribution in [-0.4, -0.2) is 36.5 Å². The quantitative estimate of drug-likeness (QED) is 0.751. The molecular weight excluding hydrogens is 200 g/mol. The van der Waals surface area contributed by atoms with Crippen LogP contribution in [0, 0.1) is 5.92 Å². The van der Waals surface area contributed by atoms with Gasteiger partial charge in [0.1, 0.15) is 0 Å². The fourth-order valence-corrected chi connectivity index (χ4v) is 2.22. The number of rotatable bonds is 6. The molecule has 94 valence electrons. The van der Waals surface area contributed by atoms with Crippen molar-refractivity contribution in [2.45, 2.75) is 52.5 Å². The van der Waals surface area contributed by atoms with Crippen molar-refractivity contribution >= 4 is 5.91 Å². The van der Waals surface area contributed by atoms with Gasteiger partial charge in [-0.1, -0.05) is 20.3 Å². The summed E-state index contributed by atoms with van der Waals surface area (Å²) >= 11 is 0. The standard InChI is InChI=1S/C13H26N2O/c1-4-6-12-7-8-15(10-12)13(16)9-14-11(3)5-2/h11-12,14H,4-10H2,1-3H3. The Kier molecular flexibility index (Phi) is 5.81. The molecule has 1 saturated heterocycles. The molecule has 1 heterocycles. The van der Waals surface area contributed by atoms with Gasteiger partial charge in [-0.2, -0.15) is 0 Å². The van der Waals surface area contributed by atoms with Gasteiger partial charge in [-0.15, -0.1) is 0 Å². The Morgan fingerprint density at radius 1 is 1.50 bits per heavy atom. The van der Waals surface area contributed by atoms with E-state index in [1.165, 1.54) is 19.3 Å². The predicted octanol–water partition coefficient (Wildman–Crippen LogP) is 2.02. The minimum atomic E-state index is 0.277. The first-order valence-electron chi connectivity index (χ1n) is 6.68. The first kappa shape index (κ1) is 13.5. The molecule has 0 radical (unpaired) electrons. The maximum Gasteiger partial charge on any atom is 0.236 e. The first-order chi connectivity index (χ1) is 7.67. The number of nitrogens with zero attached hydrogens (tertiary/aromatic N) is 1. The lowest BCUT2D eigenvalue weighted by Crippen LogP contribution is -2.39. The Labute approximate surface area is 99.6 Å². The molecule has 0 spiro atoms. The smallest absolute Gasteiger partial charge is 0.236 e. The van der Waals surface area contributed by atoms with Crippen molar-refractivity contribution in [1.82, 2.24) is 10.2 Å². The first-order valence-corrected chi connectivity index (χ1v) is 6.68. The zero-order chi connectivity index (χ0) is 12.0. The van der Waals surface area contributed by atoms with Gasteiger partial charge in [0.2, 0.25) is 5.91 Å². The Hall–Kier alpha value is -0.570. The van der Waals surface area contributed by atoms with Gasteiger partial charge in [-0.05, 0) is 32.1 Å². The fourth-order valence-electron chi connectivity index (χ4n) is 2.22. The Balaban J connectivity index is 2.23. The highest BCUT2D eigenvalue weighted by atomic mass is 16.2. The third kappa shape index (κ3) is 4.12. The largest absolute Gasteiger partial charge is 0.341 e. The average molecular weight is 226 g/mol. The van der Waals surface area contributed by atoms with E-state index >= 15 is 0 Å². The molecule has 1 aliphatic rings. The van der Waals surface area contributed by atoms with Crippen LogP contribution < -0.4 is 5.32 Å². The molecule has 0 aromatic heterocycles. The zero-order valence-corrected chi connectivity index (χ0v) is 11.0. The molecule has 16 heavy (non-hydrogen) atoms. The molecular formula is C13H26N2O. The molecule has 2 unspecified atom stereocenters. The van der Waals surface area contributed by atoms with Crippen molar-refractivity contribution < 1.29 is 4.79 Å². The van der Waals surface area contributed by atoms with Crippen LogP contribution in [0.5, 0.6) is 0 Å². The highest BCUT2D eigenvalue weighted by Gasteiger charge is 2.25. The molecule has 0 saturated carbocycles. The monoisotopic (exact) mass is 226 g/mol. The second-order valence-electron chi connectivity index (χ2n) is 4.97. The van der Waals surface area contributed by atoms with E-state index in [1.807, 2.05) is 4.90 Å². The lowest BCUT2D eigenvalue weighted by atomic mass is 10.0. The number of likely N-dealkylation sites (tertiary alicyclic amines) is 1. The van der Waals surface area contributed by atoms with E-state index < -0.39 is 0 Å². The lowest BCUT2D eigenvalue weighted by Gasteiger charge is -2.18. The van der Waals surface area contributed by atoms with E-state index in [0.717, 1.165) is 25.4 Å². The van der Waals surface area contributed by atoms with Crippen LogP contribution in [0.25, 0.3) is 0 Å². The molecule has 3 nitrogen and oxygen atoms in total. The van der Waals surface area contributed by atoms with Crippen molar-refractivity contribution in [1.29, 1.82) is 0 Å². The van der Waals surface area contributed by atoms with Crippen molar-refractivity contribution in [2.75, 3.05) is 19.6 Å². The van der Waals surface area contributed by atoms with E-state index in [1.54, 1.807) is 0 Å². The number of amides is 1. The maximum absolute atomic E-state index is 11.9. The summed E-state index contributed by atoms with van der Waals surface area (Å²) < 4.78 is 0. The van der Waals surface area contributed by atoms with Crippen LogP contribution in [0.2, 0.25) is 0 Å². The van der Waals surface area contributed by atoms with E-state index in [0.29, 0.717) is 12.6 Å². The summed E-state index contributed by atoms with van der Waals surface area (Å²) in [4.78, 5) is 13.9. The molecule has 0 aliphatic carbocycles. The van der Waals surface area contributed by atoms with E-state index in [2.05, 4.69) is 26.1 Å². The minimum absolute atomic E-state index is 0.277. The second kappa shape index (κ2) is 6.89. The highest BCUT2D eigenvalue weighted by molar-refractivity contribution is 5.78. The molecule has 0 aromatic rings. The van der Waals surface area contributed by atoms with Gasteiger partial charge < -0.3 is 10.2 Å². The van der Waals surface area contributed by atoms with Crippen LogP contribution in [0.1, 0.15) is 46.5 Å². The Morgan fingerprint density at radius 2 is 2.25 bits per heavy atom. The Bertz CT molecular complexity index is 218. The molecule has 0 bridgehead atoms. The van der Waals surface area contributed by atoms with Gasteiger partial charge >= 0.3 is 0 Å². The molecule has 1 amide bonds. The molecule has 1 N–H and O–H groups in total. The number of carbonyl (C=O) groups excluding carboxylic acids is 1. The van der Waals surface area contributed by atoms with Gasteiger partial charge in [0.25, 0.3) is 0 Å². The summed E-state index contributed by atoms with van der Waals surface area (Å²) in [5.74, 6) is 1.02. The summed E-state index contributed by atoms with van der Waals surface area (Å²) in [6.07, 6.45) is 4.77. The van der Waals surface area contributed by atoms with Gasteiger partial charge in [0, 0.05) is 19.1 Å². The Morgan fingerprint density at radius 3 is 2.88 bits per heavy atom. The van der Waals surface area contributed by atoms with Crippen LogP contribution >= 0.6 is 0 Å². The molecule has 0 aromatic carbocycles. The molecule has 1 rings (SSSR count). The molecule has 2 atom stereocenters. The van der Waals surface area contributed by atoms with Gasteiger partial charge in [0.15, 0.2) is 0 Å². The van der Waals surface area contributed by atoms with Crippen LogP contribution in [-0.2, 0) is 4.79 Å². The topological polar surface area (TPSA) is 32.3 Å². The average Bonchev–Trinajstić information content (AvgIpc) is 2.74. The van der Waals surface area contributed by atoms with Crippen LogP contribution in [0.4, 0.5) is 0 Å². The van der Waals surface area contributed by atoms with Crippen molar-refractivity contribution in [3.05, 3.63) is 0 Å². The number of carbonyl (C=O) groups is 1. The summed E-state index contributed by atoms with van der Waals surface area (Å²) in [6.45, 7) is 8.93. The number of hydrogen-bond donors (Lipinski definition) is 1. The lowest BCUT2D eigenvalue weighted by molar-refractivity contribution is -0.129. The zero-order valence-electron chi connectivity index (χ0n) is 11.0. The number of nitrogens with one attached hydrogen (secondary N) is 1. The van der Waals surface area contributed by atoms with Crippen molar-refractivity contribution in [2.24, 2.45) is 5.92 Å². The summed E-state index contributed by atoms with van der Waals surface area (Å²) in [5.41, 5.74) is 0. The van der Waals surface area contributed by atoms with Crippen LogP contribution in [0.15, 0.2) is 0 Å². The SMILES string of the molecule is CCCC1CCN(C(=O)CNC(C)CC)C1. The predicted molar refractivity (Wildman–Crippen MR) is 67.4 cm³/mol. The van der Waals surface area contributed by atoms with Gasteiger partial charge in [-0.25, -0.2) is 0 Å². The van der Waals surface area contributed by atoms with Crippen molar-refractivity contribution in [3.63, 3.8) is 0 Å². The summed E-state index contributed by atoms with van der Waals surface area (Å²) in [6, 6.07) is 0.443. The molecule has 3 heteroatoms. The number of hydrogen-bond acceptors (Lipinski definition) is 2. The summed E-state index contributed by atoms with van der Waals surface area (Å²) in [7, 11) is 0. The highest BCUT2D eigenvalue weighted by Crippen LogP contribution is 2.20. The van der Waals surface area contributed by atoms with Crippen molar-refractivity contribution in [3.8, 4) is 0 Å². The van der Waals surface area contributed by atoms with Gasteiger partial charge in [-0.3, -0.25) is 4.79 Å². The van der Waals surface area contributed by atoms with Gasteiger partial charge in [0.05, 0.1) is 6.54 Å². The van der Waals surface area contributed by atoms with Crippen LogP contribution in [0.3, 0.4) is 0 Å². The van der Waals surface area contributed by atoms with E-state index in [4.69, 9.17) is 0 Å². The third-order valence-corrected chi connectivity index (χ3v) is 3.55. The normalized spacial score (nSPS) is 22.4. The van der Waals surface area contributed by atoms with E-state index in [9.17, 15) is 4.79 Å². The third-order valence-electron chi connectivity index (χ3n) is 3.55. The maximum atomic E-state index is 11.9. The fraction of sp³-hybridized carbons (Fsp3) is 0.923.